The van der Waals surface area contributed by atoms with E-state index in [0.717, 1.165) is 4.90 Å². The molecule has 0 aromatic carbocycles. The molecule has 2 amide bonds. The highest BCUT2D eigenvalue weighted by Gasteiger charge is 2.40. The Hall–Kier alpha value is -1.74. The van der Waals surface area contributed by atoms with Gasteiger partial charge >= 0.3 is 12.0 Å². The van der Waals surface area contributed by atoms with E-state index in [1.54, 1.807) is 6.92 Å². The average Bonchev–Trinajstić information content (AvgIpc) is 2.67. The van der Waals surface area contributed by atoms with Crippen LogP contribution in [0.4, 0.5) is 4.79 Å². The van der Waals surface area contributed by atoms with Gasteiger partial charge in [-0.25, -0.2) is 9.59 Å². The number of aliphatic hydroxyl groups is 1. The highest BCUT2D eigenvalue weighted by atomic mass is 16.4. The molecule has 0 aliphatic carbocycles. The SMILES string of the molecule is C#CCN(CC)C(=O)N1C[C@H](O)C[C@@H]1C(=O)O. The van der Waals surface area contributed by atoms with E-state index in [2.05, 4.69) is 5.92 Å². The molecule has 17 heavy (non-hydrogen) atoms. The van der Waals surface area contributed by atoms with E-state index < -0.39 is 24.1 Å². The molecule has 6 nitrogen and oxygen atoms in total. The molecule has 0 aromatic heterocycles. The maximum absolute atomic E-state index is 12.0. The van der Waals surface area contributed by atoms with Gasteiger partial charge in [-0.2, -0.15) is 0 Å². The topological polar surface area (TPSA) is 81.1 Å². The number of aliphatic hydroxyl groups excluding tert-OH is 1. The van der Waals surface area contributed by atoms with Crippen molar-refractivity contribution >= 4 is 12.0 Å². The summed E-state index contributed by atoms with van der Waals surface area (Å²) in [5.74, 6) is 1.24. The van der Waals surface area contributed by atoms with Gasteiger partial charge in [-0.1, -0.05) is 5.92 Å². The third kappa shape index (κ3) is 2.88. The fourth-order valence-electron chi connectivity index (χ4n) is 1.87. The van der Waals surface area contributed by atoms with Gasteiger partial charge in [0.2, 0.25) is 0 Å². The molecule has 1 aliphatic rings. The summed E-state index contributed by atoms with van der Waals surface area (Å²) in [7, 11) is 0. The summed E-state index contributed by atoms with van der Waals surface area (Å²) >= 11 is 0. The van der Waals surface area contributed by atoms with Gasteiger partial charge in [-0.3, -0.25) is 0 Å². The molecular formula is C11H16N2O4. The first kappa shape index (κ1) is 13.3. The van der Waals surface area contributed by atoms with Crippen LogP contribution in [0.15, 0.2) is 0 Å². The maximum atomic E-state index is 12.0. The molecule has 1 fully saturated rings. The highest BCUT2D eigenvalue weighted by Crippen LogP contribution is 2.19. The molecule has 2 N–H and O–H groups in total. The number of hydrogen-bond acceptors (Lipinski definition) is 3. The molecule has 0 aromatic rings. The van der Waals surface area contributed by atoms with Gasteiger partial charge in [-0.05, 0) is 6.92 Å². The first-order valence-electron chi connectivity index (χ1n) is 5.41. The van der Waals surface area contributed by atoms with Crippen LogP contribution in [-0.2, 0) is 4.79 Å². The molecule has 94 valence electrons. The Balaban J connectivity index is 2.79. The van der Waals surface area contributed by atoms with Crippen molar-refractivity contribution in [1.29, 1.82) is 0 Å². The maximum Gasteiger partial charge on any atom is 0.326 e. The largest absolute Gasteiger partial charge is 0.480 e. The third-order valence-corrected chi connectivity index (χ3v) is 2.74. The molecule has 2 atom stereocenters. The van der Waals surface area contributed by atoms with Crippen LogP contribution in [0.25, 0.3) is 0 Å². The Labute approximate surface area is 99.8 Å². The number of carboxylic acids is 1. The van der Waals surface area contributed by atoms with Crippen LogP contribution < -0.4 is 0 Å². The summed E-state index contributed by atoms with van der Waals surface area (Å²) in [4.78, 5) is 25.5. The van der Waals surface area contributed by atoms with E-state index in [4.69, 9.17) is 11.5 Å². The fourth-order valence-corrected chi connectivity index (χ4v) is 1.87. The zero-order valence-electron chi connectivity index (χ0n) is 9.67. The predicted molar refractivity (Wildman–Crippen MR) is 60.2 cm³/mol. The standard InChI is InChI=1S/C11H16N2O4/c1-3-5-12(4-2)11(17)13-7-8(14)6-9(13)10(15)16/h1,8-9,14H,4-7H2,2H3,(H,15,16)/t8-,9-/m1/s1. The average molecular weight is 240 g/mol. The van der Waals surface area contributed by atoms with Crippen LogP contribution in [-0.4, -0.2) is 63.8 Å². The number of rotatable bonds is 3. The van der Waals surface area contributed by atoms with E-state index in [1.165, 1.54) is 4.90 Å². The van der Waals surface area contributed by atoms with Gasteiger partial charge in [0.25, 0.3) is 0 Å². The van der Waals surface area contributed by atoms with Crippen molar-refractivity contribution in [2.75, 3.05) is 19.6 Å². The smallest absolute Gasteiger partial charge is 0.326 e. The quantitative estimate of drug-likeness (QED) is 0.657. The van der Waals surface area contributed by atoms with E-state index in [9.17, 15) is 14.7 Å². The molecule has 0 radical (unpaired) electrons. The summed E-state index contributed by atoms with van der Waals surface area (Å²) in [6.45, 7) is 2.34. The lowest BCUT2D eigenvalue weighted by molar-refractivity contribution is -0.141. The summed E-state index contributed by atoms with van der Waals surface area (Å²) in [6, 6.07) is -1.40. The minimum Gasteiger partial charge on any atom is -0.480 e. The van der Waals surface area contributed by atoms with Crippen LogP contribution in [0.2, 0.25) is 0 Å². The molecule has 1 rings (SSSR count). The normalized spacial score (nSPS) is 23.2. The number of urea groups is 1. The van der Waals surface area contributed by atoms with Gasteiger partial charge in [0.1, 0.15) is 6.04 Å². The van der Waals surface area contributed by atoms with E-state index in [-0.39, 0.29) is 19.5 Å². The number of aliphatic carboxylic acids is 1. The number of terminal acetylenes is 1. The second-order valence-corrected chi connectivity index (χ2v) is 3.90. The van der Waals surface area contributed by atoms with Crippen molar-refractivity contribution in [3.63, 3.8) is 0 Å². The van der Waals surface area contributed by atoms with Gasteiger partial charge in [-0.15, -0.1) is 6.42 Å². The van der Waals surface area contributed by atoms with Gasteiger partial charge in [0, 0.05) is 19.5 Å². The van der Waals surface area contributed by atoms with Crippen molar-refractivity contribution in [3.8, 4) is 12.3 Å². The predicted octanol–water partition coefficient (Wildman–Crippen LogP) is -0.419. The van der Waals surface area contributed by atoms with Gasteiger partial charge < -0.3 is 20.0 Å². The van der Waals surface area contributed by atoms with Crippen LogP contribution >= 0.6 is 0 Å². The first-order chi connectivity index (χ1) is 8.01. The van der Waals surface area contributed by atoms with E-state index in [0.29, 0.717) is 6.54 Å². The number of likely N-dealkylation sites (tertiary alicyclic amines) is 1. The number of carboxylic acid groups (broad SMARTS) is 1. The highest BCUT2D eigenvalue weighted by molar-refractivity contribution is 5.83. The Bertz CT molecular complexity index is 350. The lowest BCUT2D eigenvalue weighted by atomic mass is 10.2. The Morgan fingerprint density at radius 2 is 2.24 bits per heavy atom. The number of hydrogen-bond donors (Lipinski definition) is 2. The molecule has 0 unspecified atom stereocenters. The number of β-amino-alcohol motifs (C(OH)–C–C–N with tert-alkyl or cyclic N) is 1. The second-order valence-electron chi connectivity index (χ2n) is 3.90. The lowest BCUT2D eigenvalue weighted by Crippen LogP contribution is -2.48. The Kier molecular flexibility index (Phi) is 4.35. The summed E-state index contributed by atoms with van der Waals surface area (Å²) in [5, 5.41) is 18.4. The molecule has 1 aliphatic heterocycles. The molecular weight excluding hydrogens is 224 g/mol. The van der Waals surface area contributed by atoms with Gasteiger partial charge in [0.05, 0.1) is 12.6 Å². The van der Waals surface area contributed by atoms with Crippen molar-refractivity contribution in [2.45, 2.75) is 25.5 Å². The van der Waals surface area contributed by atoms with Crippen LogP contribution in [0.1, 0.15) is 13.3 Å². The van der Waals surface area contributed by atoms with Crippen LogP contribution in [0, 0.1) is 12.3 Å². The summed E-state index contributed by atoms with van der Waals surface area (Å²) in [6.07, 6.45) is 4.41. The zero-order valence-corrected chi connectivity index (χ0v) is 9.67. The number of amides is 2. The summed E-state index contributed by atoms with van der Waals surface area (Å²) < 4.78 is 0. The van der Waals surface area contributed by atoms with Crippen LogP contribution in [0.3, 0.4) is 0 Å². The van der Waals surface area contributed by atoms with Crippen molar-refractivity contribution in [1.82, 2.24) is 9.80 Å². The van der Waals surface area contributed by atoms with Crippen molar-refractivity contribution < 1.29 is 19.8 Å². The number of nitrogens with zero attached hydrogens (tertiary/aromatic N) is 2. The Morgan fingerprint density at radius 1 is 1.59 bits per heavy atom. The molecule has 0 bridgehead atoms. The monoisotopic (exact) mass is 240 g/mol. The summed E-state index contributed by atoms with van der Waals surface area (Å²) in [5.41, 5.74) is 0. The molecule has 0 saturated carbocycles. The second kappa shape index (κ2) is 5.55. The number of carbonyl (C=O) groups is 2. The minimum atomic E-state index is -1.10. The van der Waals surface area contributed by atoms with Crippen LogP contribution in [0.5, 0.6) is 0 Å². The van der Waals surface area contributed by atoms with Crippen molar-refractivity contribution in [2.24, 2.45) is 0 Å². The first-order valence-corrected chi connectivity index (χ1v) is 5.41. The Morgan fingerprint density at radius 3 is 2.71 bits per heavy atom. The molecule has 1 saturated heterocycles. The molecule has 0 spiro atoms. The third-order valence-electron chi connectivity index (χ3n) is 2.74. The molecule has 1 heterocycles. The molecule has 6 heteroatoms. The lowest BCUT2D eigenvalue weighted by Gasteiger charge is -2.28. The van der Waals surface area contributed by atoms with E-state index >= 15 is 0 Å². The zero-order chi connectivity index (χ0) is 13.0. The fraction of sp³-hybridized carbons (Fsp3) is 0.636. The minimum absolute atomic E-state index is 0.0386. The number of carbonyl (C=O) groups excluding carboxylic acids is 1. The van der Waals surface area contributed by atoms with Gasteiger partial charge in [0.15, 0.2) is 0 Å². The van der Waals surface area contributed by atoms with E-state index in [1.807, 2.05) is 0 Å². The van der Waals surface area contributed by atoms with Crippen molar-refractivity contribution in [3.05, 3.63) is 0 Å².